The summed E-state index contributed by atoms with van der Waals surface area (Å²) in [4.78, 5) is 11.8. The quantitative estimate of drug-likeness (QED) is 0.702. The fourth-order valence-corrected chi connectivity index (χ4v) is 2.60. The topological polar surface area (TPSA) is 41.5 Å². The zero-order valence-corrected chi connectivity index (χ0v) is 9.50. The summed E-state index contributed by atoms with van der Waals surface area (Å²) >= 11 is 0. The van der Waals surface area contributed by atoms with Gasteiger partial charge < -0.3 is 0 Å². The first-order chi connectivity index (χ1) is 7.61. The number of carbonyl (C=O) groups is 1. The summed E-state index contributed by atoms with van der Waals surface area (Å²) in [6.07, 6.45) is 1.81. The van der Waals surface area contributed by atoms with E-state index < -0.39 is 5.41 Å². The molecule has 82 valence electrons. The van der Waals surface area contributed by atoms with Crippen LogP contribution < -0.4 is 5.43 Å². The van der Waals surface area contributed by atoms with E-state index in [4.69, 9.17) is 0 Å². The summed E-state index contributed by atoms with van der Waals surface area (Å²) in [6, 6.07) is 6.36. The van der Waals surface area contributed by atoms with Gasteiger partial charge in [-0.2, -0.15) is 5.10 Å². The number of aryl methyl sites for hydroxylation is 2. The van der Waals surface area contributed by atoms with Crippen molar-refractivity contribution < 1.29 is 4.79 Å². The van der Waals surface area contributed by atoms with Crippen LogP contribution in [0, 0.1) is 12.3 Å². The highest BCUT2D eigenvalue weighted by Crippen LogP contribution is 2.38. The van der Waals surface area contributed by atoms with Crippen LogP contribution in [0.2, 0.25) is 0 Å². The molecule has 3 rings (SSSR count). The van der Waals surface area contributed by atoms with Crippen LogP contribution in [0.15, 0.2) is 23.3 Å². The van der Waals surface area contributed by atoms with Crippen LogP contribution in [0.1, 0.15) is 30.0 Å². The molecular weight excluding hydrogens is 200 g/mol. The molecule has 1 aliphatic heterocycles. The fraction of sp³-hybridized carbons (Fsp3) is 0.385. The average molecular weight is 214 g/mol. The maximum absolute atomic E-state index is 11.8. The van der Waals surface area contributed by atoms with Crippen molar-refractivity contribution in [2.75, 3.05) is 0 Å². The van der Waals surface area contributed by atoms with Crippen LogP contribution >= 0.6 is 0 Å². The molecule has 1 aromatic rings. The third kappa shape index (κ3) is 1.08. The molecule has 3 heteroatoms. The Hall–Kier alpha value is -1.64. The van der Waals surface area contributed by atoms with Crippen molar-refractivity contribution in [3.05, 3.63) is 34.9 Å². The molecule has 1 heterocycles. The molecule has 0 aromatic heterocycles. The van der Waals surface area contributed by atoms with Crippen LogP contribution in [0.5, 0.6) is 0 Å². The molecule has 0 spiro atoms. The van der Waals surface area contributed by atoms with Gasteiger partial charge in [-0.05, 0) is 32.3 Å². The summed E-state index contributed by atoms with van der Waals surface area (Å²) < 4.78 is 0. The highest BCUT2D eigenvalue weighted by molar-refractivity contribution is 6.20. The Morgan fingerprint density at radius 3 is 3.06 bits per heavy atom. The minimum Gasteiger partial charge on any atom is -0.272 e. The lowest BCUT2D eigenvalue weighted by Gasteiger charge is -2.29. The molecule has 1 aromatic carbocycles. The van der Waals surface area contributed by atoms with E-state index in [1.807, 2.05) is 6.92 Å². The lowest BCUT2D eigenvalue weighted by Crippen LogP contribution is -2.39. The lowest BCUT2D eigenvalue weighted by molar-refractivity contribution is -0.125. The van der Waals surface area contributed by atoms with Gasteiger partial charge >= 0.3 is 0 Å². The Kier molecular flexibility index (Phi) is 1.76. The van der Waals surface area contributed by atoms with Gasteiger partial charge in [-0.25, -0.2) is 5.43 Å². The van der Waals surface area contributed by atoms with Crippen molar-refractivity contribution in [2.24, 2.45) is 10.5 Å². The van der Waals surface area contributed by atoms with Crippen molar-refractivity contribution in [3.63, 3.8) is 0 Å². The fourth-order valence-electron chi connectivity index (χ4n) is 2.60. The number of benzene rings is 1. The number of nitrogens with zero attached hydrogens (tertiary/aromatic N) is 1. The highest BCUT2D eigenvalue weighted by Gasteiger charge is 2.46. The zero-order valence-electron chi connectivity index (χ0n) is 9.50. The number of hydrogen-bond donors (Lipinski definition) is 1. The van der Waals surface area contributed by atoms with E-state index in [9.17, 15) is 4.79 Å². The maximum Gasteiger partial charge on any atom is 0.252 e. The summed E-state index contributed by atoms with van der Waals surface area (Å²) in [5.41, 5.74) is 6.82. The van der Waals surface area contributed by atoms with E-state index in [0.717, 1.165) is 24.1 Å². The first-order valence-electron chi connectivity index (χ1n) is 5.60. The normalized spacial score (nSPS) is 26.9. The molecule has 1 N–H and O–H groups in total. The van der Waals surface area contributed by atoms with Gasteiger partial charge in [-0.1, -0.05) is 23.8 Å². The monoisotopic (exact) mass is 214 g/mol. The van der Waals surface area contributed by atoms with E-state index in [1.54, 1.807) is 0 Å². The summed E-state index contributed by atoms with van der Waals surface area (Å²) in [5.74, 6) is 0.0359. The maximum atomic E-state index is 11.8. The van der Waals surface area contributed by atoms with Crippen molar-refractivity contribution in [3.8, 4) is 0 Å². The summed E-state index contributed by atoms with van der Waals surface area (Å²) in [6.45, 7) is 4.07. The van der Waals surface area contributed by atoms with Crippen molar-refractivity contribution >= 4 is 11.6 Å². The van der Waals surface area contributed by atoms with Crippen LogP contribution in [-0.4, -0.2) is 11.6 Å². The second-order valence-corrected chi connectivity index (χ2v) is 4.89. The number of carbonyl (C=O) groups excluding carboxylic acids is 1. The molecular formula is C13H14N2O. The summed E-state index contributed by atoms with van der Waals surface area (Å²) in [5, 5.41) is 4.20. The van der Waals surface area contributed by atoms with Gasteiger partial charge in [0, 0.05) is 5.56 Å². The number of nitrogens with one attached hydrogen (secondary N) is 1. The molecule has 0 saturated heterocycles. The number of rotatable bonds is 0. The Bertz CT molecular complexity index is 519. The first-order valence-corrected chi connectivity index (χ1v) is 5.60. The van der Waals surface area contributed by atoms with Gasteiger partial charge in [0.1, 0.15) is 0 Å². The van der Waals surface area contributed by atoms with Crippen LogP contribution in [0.4, 0.5) is 0 Å². The second-order valence-electron chi connectivity index (χ2n) is 4.89. The largest absolute Gasteiger partial charge is 0.272 e. The Morgan fingerprint density at radius 2 is 2.25 bits per heavy atom. The third-order valence-electron chi connectivity index (χ3n) is 3.70. The van der Waals surface area contributed by atoms with Crippen LogP contribution in [-0.2, 0) is 11.2 Å². The summed E-state index contributed by atoms with van der Waals surface area (Å²) in [7, 11) is 0. The van der Waals surface area contributed by atoms with Crippen molar-refractivity contribution in [2.45, 2.75) is 26.7 Å². The van der Waals surface area contributed by atoms with E-state index in [-0.39, 0.29) is 5.91 Å². The number of amides is 1. The van der Waals surface area contributed by atoms with E-state index in [2.05, 4.69) is 35.7 Å². The Balaban J connectivity index is 2.18. The minimum absolute atomic E-state index is 0.0359. The van der Waals surface area contributed by atoms with Crippen molar-refractivity contribution in [1.82, 2.24) is 5.43 Å². The van der Waals surface area contributed by atoms with E-state index >= 15 is 0 Å². The molecule has 0 unspecified atom stereocenters. The van der Waals surface area contributed by atoms with E-state index in [0.29, 0.717) is 0 Å². The smallest absolute Gasteiger partial charge is 0.252 e. The van der Waals surface area contributed by atoms with Crippen molar-refractivity contribution in [1.29, 1.82) is 0 Å². The number of fused-ring (bicyclic) bond motifs is 3. The standard InChI is InChI=1S/C13H14N2O/c1-8-3-4-10-9(7-8)5-6-13(2)11(10)14-15-12(13)16/h3-4,7H,5-6H2,1-2H3,(H,15,16)/t13-/m1/s1. The SMILES string of the molecule is Cc1ccc2c(c1)CC[C@@]1(C)C(=O)NN=C21. The van der Waals surface area contributed by atoms with Crippen LogP contribution in [0.25, 0.3) is 0 Å². The average Bonchev–Trinajstić information content (AvgIpc) is 2.56. The van der Waals surface area contributed by atoms with Gasteiger partial charge in [0.05, 0.1) is 11.1 Å². The molecule has 16 heavy (non-hydrogen) atoms. The number of hydrazone groups is 1. The van der Waals surface area contributed by atoms with Gasteiger partial charge in [0.2, 0.25) is 0 Å². The van der Waals surface area contributed by atoms with Gasteiger partial charge in [0.25, 0.3) is 5.91 Å². The molecule has 0 bridgehead atoms. The Labute approximate surface area is 94.6 Å². The minimum atomic E-state index is -0.414. The third-order valence-corrected chi connectivity index (χ3v) is 3.70. The molecule has 0 radical (unpaired) electrons. The Morgan fingerprint density at radius 1 is 1.44 bits per heavy atom. The molecule has 1 aliphatic carbocycles. The number of hydrogen-bond acceptors (Lipinski definition) is 2. The molecule has 1 atom stereocenters. The highest BCUT2D eigenvalue weighted by atomic mass is 16.2. The molecule has 0 fully saturated rings. The molecule has 1 amide bonds. The van der Waals surface area contributed by atoms with Gasteiger partial charge in [-0.15, -0.1) is 0 Å². The predicted molar refractivity (Wildman–Crippen MR) is 62.3 cm³/mol. The second kappa shape index (κ2) is 2.94. The molecule has 0 saturated carbocycles. The van der Waals surface area contributed by atoms with Gasteiger partial charge in [-0.3, -0.25) is 4.79 Å². The zero-order chi connectivity index (χ0) is 11.3. The molecule has 3 nitrogen and oxygen atoms in total. The lowest BCUT2D eigenvalue weighted by atomic mass is 9.71. The predicted octanol–water partition coefficient (Wildman–Crippen LogP) is 1.78. The first kappa shape index (κ1) is 9.58. The molecule has 2 aliphatic rings. The van der Waals surface area contributed by atoms with Gasteiger partial charge in [0.15, 0.2) is 0 Å². The van der Waals surface area contributed by atoms with Crippen LogP contribution in [0.3, 0.4) is 0 Å². The van der Waals surface area contributed by atoms with E-state index in [1.165, 1.54) is 11.1 Å².